The quantitative estimate of drug-likeness (QED) is 0.800. The fourth-order valence-electron chi connectivity index (χ4n) is 3.41. The monoisotopic (exact) mass is 382 g/mol. The summed E-state index contributed by atoms with van der Waals surface area (Å²) in [6.45, 7) is 6.24. The van der Waals surface area contributed by atoms with Crippen LogP contribution in [0.2, 0.25) is 0 Å². The summed E-state index contributed by atoms with van der Waals surface area (Å²) >= 11 is 0. The second-order valence-electron chi connectivity index (χ2n) is 7.33. The van der Waals surface area contributed by atoms with Crippen molar-refractivity contribution in [2.75, 3.05) is 45.2 Å². The van der Waals surface area contributed by atoms with Gasteiger partial charge in [-0.1, -0.05) is 18.2 Å². The van der Waals surface area contributed by atoms with Crippen molar-refractivity contribution in [2.45, 2.75) is 25.8 Å². The lowest BCUT2D eigenvalue weighted by molar-refractivity contribution is 0.0164. The molecule has 0 bridgehead atoms. The second-order valence-corrected chi connectivity index (χ2v) is 7.33. The van der Waals surface area contributed by atoms with Crippen molar-refractivity contribution in [3.63, 3.8) is 0 Å². The van der Waals surface area contributed by atoms with Crippen LogP contribution in [0.3, 0.4) is 0 Å². The average molecular weight is 383 g/mol. The van der Waals surface area contributed by atoms with Crippen LogP contribution in [0.25, 0.3) is 0 Å². The predicted octanol–water partition coefficient (Wildman–Crippen LogP) is 3.05. The van der Waals surface area contributed by atoms with E-state index >= 15 is 0 Å². The lowest BCUT2D eigenvalue weighted by Gasteiger charge is -2.34. The maximum Gasteiger partial charge on any atom is 0.321 e. The van der Waals surface area contributed by atoms with E-state index in [4.69, 9.17) is 4.74 Å². The molecule has 6 nitrogen and oxygen atoms in total. The van der Waals surface area contributed by atoms with Crippen LogP contribution in [-0.2, 0) is 17.6 Å². The van der Waals surface area contributed by atoms with Crippen molar-refractivity contribution in [2.24, 2.45) is 0 Å². The number of aromatic nitrogens is 1. The number of carbonyl (C=O) groups is 1. The molecule has 1 aromatic heterocycles. The Balaban J connectivity index is 1.45. The number of hydrogen-bond donors (Lipinski definition) is 1. The number of benzene rings is 1. The Bertz CT molecular complexity index is 730. The summed E-state index contributed by atoms with van der Waals surface area (Å²) in [6, 6.07) is 14.3. The molecule has 2 heterocycles. The number of nitrogens with one attached hydrogen (secondary N) is 1. The van der Waals surface area contributed by atoms with Crippen LogP contribution in [0.1, 0.15) is 18.2 Å². The summed E-state index contributed by atoms with van der Waals surface area (Å²) in [6.07, 6.45) is 3.67. The lowest BCUT2D eigenvalue weighted by Crippen LogP contribution is -2.48. The van der Waals surface area contributed by atoms with E-state index in [0.29, 0.717) is 12.6 Å². The summed E-state index contributed by atoms with van der Waals surface area (Å²) in [5.74, 6) is 0. The van der Waals surface area contributed by atoms with E-state index in [1.54, 1.807) is 4.90 Å². The SMILES string of the molecule is C[C@@H](CN(C)C(=O)Nc1ccc(CCc2ccccn2)cc1)N1CCOCC1. The molecule has 0 radical (unpaired) electrons. The van der Waals surface area contributed by atoms with E-state index in [-0.39, 0.29) is 6.03 Å². The minimum atomic E-state index is -0.0821. The molecule has 1 aromatic carbocycles. The third kappa shape index (κ3) is 6.04. The summed E-state index contributed by atoms with van der Waals surface area (Å²) in [5.41, 5.74) is 3.14. The summed E-state index contributed by atoms with van der Waals surface area (Å²) < 4.78 is 5.40. The fourth-order valence-corrected chi connectivity index (χ4v) is 3.41. The molecule has 1 saturated heterocycles. The molecule has 3 rings (SSSR count). The van der Waals surface area contributed by atoms with Gasteiger partial charge in [0.15, 0.2) is 0 Å². The molecule has 0 aliphatic carbocycles. The highest BCUT2D eigenvalue weighted by molar-refractivity contribution is 5.89. The molecule has 1 aliphatic rings. The number of rotatable bonds is 7. The number of hydrogen-bond acceptors (Lipinski definition) is 4. The zero-order valence-corrected chi connectivity index (χ0v) is 16.8. The molecular weight excluding hydrogens is 352 g/mol. The molecule has 0 saturated carbocycles. The molecule has 1 N–H and O–H groups in total. The smallest absolute Gasteiger partial charge is 0.321 e. The number of urea groups is 1. The minimum absolute atomic E-state index is 0.0821. The number of morpholine rings is 1. The van der Waals surface area contributed by atoms with E-state index in [1.807, 2.05) is 43.6 Å². The molecule has 1 fully saturated rings. The Kier molecular flexibility index (Phi) is 7.39. The highest BCUT2D eigenvalue weighted by atomic mass is 16.5. The zero-order valence-electron chi connectivity index (χ0n) is 16.8. The van der Waals surface area contributed by atoms with Crippen LogP contribution in [-0.4, -0.2) is 66.8 Å². The summed E-state index contributed by atoms with van der Waals surface area (Å²) in [5, 5.41) is 2.98. The molecular formula is C22H30N4O2. The van der Waals surface area contributed by atoms with E-state index in [0.717, 1.165) is 50.5 Å². The Morgan fingerprint density at radius 1 is 1.18 bits per heavy atom. The van der Waals surface area contributed by atoms with Gasteiger partial charge in [0.25, 0.3) is 0 Å². The van der Waals surface area contributed by atoms with Gasteiger partial charge in [0, 0.05) is 50.3 Å². The Labute approximate surface area is 167 Å². The van der Waals surface area contributed by atoms with Crippen LogP contribution in [0.5, 0.6) is 0 Å². The highest BCUT2D eigenvalue weighted by Crippen LogP contribution is 2.13. The topological polar surface area (TPSA) is 57.7 Å². The van der Waals surface area contributed by atoms with Crippen molar-refractivity contribution in [1.29, 1.82) is 0 Å². The second kappa shape index (κ2) is 10.2. The molecule has 0 unspecified atom stereocenters. The number of pyridine rings is 1. The van der Waals surface area contributed by atoms with E-state index < -0.39 is 0 Å². The maximum absolute atomic E-state index is 12.5. The maximum atomic E-state index is 12.5. The van der Waals surface area contributed by atoms with Crippen molar-refractivity contribution < 1.29 is 9.53 Å². The van der Waals surface area contributed by atoms with Gasteiger partial charge < -0.3 is 15.0 Å². The first kappa shape index (κ1) is 20.3. The molecule has 1 atom stereocenters. The van der Waals surface area contributed by atoms with Gasteiger partial charge in [0.2, 0.25) is 0 Å². The van der Waals surface area contributed by atoms with E-state index in [2.05, 4.69) is 34.3 Å². The fraction of sp³-hybridized carbons (Fsp3) is 0.455. The predicted molar refractivity (Wildman–Crippen MR) is 112 cm³/mol. The van der Waals surface area contributed by atoms with Gasteiger partial charge in [-0.25, -0.2) is 4.79 Å². The van der Waals surface area contributed by atoms with Gasteiger partial charge in [-0.2, -0.15) is 0 Å². The van der Waals surface area contributed by atoms with Crippen molar-refractivity contribution in [3.05, 3.63) is 59.9 Å². The van der Waals surface area contributed by atoms with Gasteiger partial charge in [0.1, 0.15) is 0 Å². The van der Waals surface area contributed by atoms with Crippen molar-refractivity contribution in [1.82, 2.24) is 14.8 Å². The van der Waals surface area contributed by atoms with Crippen LogP contribution < -0.4 is 5.32 Å². The van der Waals surface area contributed by atoms with Crippen LogP contribution in [0.4, 0.5) is 10.5 Å². The van der Waals surface area contributed by atoms with Gasteiger partial charge >= 0.3 is 6.03 Å². The number of nitrogens with zero attached hydrogens (tertiary/aromatic N) is 3. The van der Waals surface area contributed by atoms with Crippen LogP contribution >= 0.6 is 0 Å². The van der Waals surface area contributed by atoms with E-state index in [9.17, 15) is 4.79 Å². The third-order valence-electron chi connectivity index (χ3n) is 5.15. The highest BCUT2D eigenvalue weighted by Gasteiger charge is 2.20. The van der Waals surface area contributed by atoms with Crippen molar-refractivity contribution >= 4 is 11.7 Å². The normalized spacial score (nSPS) is 15.8. The van der Waals surface area contributed by atoms with E-state index in [1.165, 1.54) is 5.56 Å². The molecule has 2 amide bonds. The lowest BCUT2D eigenvalue weighted by atomic mass is 10.1. The molecule has 28 heavy (non-hydrogen) atoms. The molecule has 6 heteroatoms. The molecule has 150 valence electrons. The Hall–Kier alpha value is -2.44. The summed E-state index contributed by atoms with van der Waals surface area (Å²) in [7, 11) is 1.84. The Morgan fingerprint density at radius 3 is 2.61 bits per heavy atom. The van der Waals surface area contributed by atoms with Gasteiger partial charge in [-0.05, 0) is 49.6 Å². The van der Waals surface area contributed by atoms with Gasteiger partial charge in [-0.3, -0.25) is 9.88 Å². The molecule has 2 aromatic rings. The van der Waals surface area contributed by atoms with Gasteiger partial charge in [-0.15, -0.1) is 0 Å². The summed E-state index contributed by atoms with van der Waals surface area (Å²) in [4.78, 5) is 21.0. The third-order valence-corrected chi connectivity index (χ3v) is 5.15. The number of likely N-dealkylation sites (N-methyl/N-ethyl adjacent to an activating group) is 1. The Morgan fingerprint density at radius 2 is 1.93 bits per heavy atom. The van der Waals surface area contributed by atoms with Crippen LogP contribution in [0, 0.1) is 0 Å². The first-order valence-corrected chi connectivity index (χ1v) is 9.94. The van der Waals surface area contributed by atoms with Crippen molar-refractivity contribution in [3.8, 4) is 0 Å². The average Bonchev–Trinajstić information content (AvgIpc) is 2.74. The minimum Gasteiger partial charge on any atom is -0.379 e. The number of aryl methyl sites for hydroxylation is 2. The van der Waals surface area contributed by atoms with Gasteiger partial charge in [0.05, 0.1) is 13.2 Å². The number of carbonyl (C=O) groups excluding carboxylic acids is 1. The number of ether oxygens (including phenoxy) is 1. The standard InChI is InChI=1S/C22H30N4O2/c1-18(26-13-15-28-16-14-26)17-25(2)22(27)24-21-10-7-19(8-11-21)6-9-20-5-3-4-12-23-20/h3-5,7-8,10-12,18H,6,9,13-17H2,1-2H3,(H,24,27)/t18-/m0/s1. The van der Waals surface area contributed by atoms with Crippen LogP contribution in [0.15, 0.2) is 48.7 Å². The number of amides is 2. The molecule has 1 aliphatic heterocycles. The zero-order chi connectivity index (χ0) is 19.8. The molecule has 0 spiro atoms. The first-order valence-electron chi connectivity index (χ1n) is 9.94. The largest absolute Gasteiger partial charge is 0.379 e. The number of anilines is 1. The first-order chi connectivity index (χ1) is 13.6.